The maximum atomic E-state index is 12.4. The van der Waals surface area contributed by atoms with Crippen LogP contribution in [0.2, 0.25) is 10.0 Å². The Morgan fingerprint density at radius 2 is 1.67 bits per heavy atom. The van der Waals surface area contributed by atoms with E-state index in [1.165, 1.54) is 21.9 Å². The van der Waals surface area contributed by atoms with Crippen LogP contribution in [0.4, 0.5) is 0 Å². The molecule has 5 aromatic carbocycles. The summed E-state index contributed by atoms with van der Waals surface area (Å²) in [5, 5.41) is 5.45. The van der Waals surface area contributed by atoms with Crippen LogP contribution >= 0.6 is 23.2 Å². The van der Waals surface area contributed by atoms with Crippen molar-refractivity contribution in [3.63, 3.8) is 0 Å². The topological polar surface area (TPSA) is 48.0 Å². The van der Waals surface area contributed by atoms with Crippen molar-refractivity contribution >= 4 is 61.7 Å². The summed E-state index contributed by atoms with van der Waals surface area (Å²) in [5.41, 5.74) is 12.6. The van der Waals surface area contributed by atoms with Crippen molar-refractivity contribution in [3.8, 4) is 11.1 Å². The lowest BCUT2D eigenvalue weighted by Crippen LogP contribution is -2.11. The third-order valence-corrected chi connectivity index (χ3v) is 7.54. The Labute approximate surface area is 218 Å². The number of nitrogens with zero attached hydrogens (tertiary/aromatic N) is 1. The lowest BCUT2D eigenvalue weighted by molar-refractivity contribution is 0.100. The van der Waals surface area contributed by atoms with Gasteiger partial charge in [-0.2, -0.15) is 0 Å². The van der Waals surface area contributed by atoms with Gasteiger partial charge >= 0.3 is 0 Å². The molecule has 176 valence electrons. The molecule has 1 heterocycles. The van der Waals surface area contributed by atoms with Crippen LogP contribution < -0.4 is 5.73 Å². The first-order valence-corrected chi connectivity index (χ1v) is 12.5. The lowest BCUT2D eigenvalue weighted by Gasteiger charge is -2.14. The molecule has 36 heavy (non-hydrogen) atoms. The lowest BCUT2D eigenvalue weighted by atomic mass is 9.99. The number of benzene rings is 5. The van der Waals surface area contributed by atoms with Gasteiger partial charge in [0, 0.05) is 38.5 Å². The average Bonchev–Trinajstić information content (AvgIpc) is 3.18. The van der Waals surface area contributed by atoms with Gasteiger partial charge in [-0.1, -0.05) is 83.9 Å². The summed E-state index contributed by atoms with van der Waals surface area (Å²) >= 11 is 12.7. The molecular formula is C31H22Cl2N2O. The Bertz CT molecular complexity index is 1830. The maximum Gasteiger partial charge on any atom is 0.249 e. The van der Waals surface area contributed by atoms with Crippen molar-refractivity contribution in [2.45, 2.75) is 13.5 Å². The van der Waals surface area contributed by atoms with Crippen LogP contribution in [0.15, 0.2) is 91.0 Å². The van der Waals surface area contributed by atoms with Crippen molar-refractivity contribution < 1.29 is 4.79 Å². The Balaban J connectivity index is 1.67. The molecule has 5 heteroatoms. The third-order valence-electron chi connectivity index (χ3n) is 6.99. The van der Waals surface area contributed by atoms with E-state index < -0.39 is 5.91 Å². The molecule has 0 atom stereocenters. The van der Waals surface area contributed by atoms with Crippen LogP contribution in [0.1, 0.15) is 21.5 Å². The summed E-state index contributed by atoms with van der Waals surface area (Å²) in [5.74, 6) is -0.439. The zero-order chi connectivity index (χ0) is 25.0. The van der Waals surface area contributed by atoms with E-state index in [2.05, 4.69) is 66.1 Å². The van der Waals surface area contributed by atoms with Gasteiger partial charge in [0.25, 0.3) is 0 Å². The first-order valence-electron chi connectivity index (χ1n) is 11.7. The Morgan fingerprint density at radius 1 is 0.833 bits per heavy atom. The molecule has 6 rings (SSSR count). The highest BCUT2D eigenvalue weighted by Gasteiger charge is 2.19. The molecule has 0 spiro atoms. The van der Waals surface area contributed by atoms with E-state index in [1.807, 2.05) is 24.3 Å². The van der Waals surface area contributed by atoms with Gasteiger partial charge in [-0.15, -0.1) is 0 Å². The summed E-state index contributed by atoms with van der Waals surface area (Å²) in [6.07, 6.45) is 0. The predicted octanol–water partition coefficient (Wildman–Crippen LogP) is 8.38. The fourth-order valence-corrected chi connectivity index (χ4v) is 5.74. The first-order chi connectivity index (χ1) is 17.4. The van der Waals surface area contributed by atoms with Crippen molar-refractivity contribution in [1.82, 2.24) is 4.57 Å². The number of hydrogen-bond donors (Lipinski definition) is 1. The van der Waals surface area contributed by atoms with Gasteiger partial charge in [-0.3, -0.25) is 4.79 Å². The second-order valence-corrected chi connectivity index (χ2v) is 9.93. The maximum absolute atomic E-state index is 12.4. The molecule has 1 amide bonds. The zero-order valence-corrected chi connectivity index (χ0v) is 21.1. The molecule has 0 radical (unpaired) electrons. The highest BCUT2D eigenvalue weighted by atomic mass is 35.5. The van der Waals surface area contributed by atoms with Gasteiger partial charge in [0.15, 0.2) is 0 Å². The number of primary amides is 1. The largest absolute Gasteiger partial charge is 0.366 e. The van der Waals surface area contributed by atoms with Crippen LogP contribution in [0.5, 0.6) is 0 Å². The van der Waals surface area contributed by atoms with Crippen molar-refractivity contribution in [1.29, 1.82) is 0 Å². The molecule has 2 N–H and O–H groups in total. The summed E-state index contributed by atoms with van der Waals surface area (Å²) < 4.78 is 2.28. The SMILES string of the molecule is Cc1ccc2ccccc2c1Cn1c2cc(-c3ccc(Cl)cc3Cl)ccc2c2c(C(N)=O)cccc21. The highest BCUT2D eigenvalue weighted by molar-refractivity contribution is 6.36. The van der Waals surface area contributed by atoms with Crippen LogP contribution in [0, 0.1) is 6.92 Å². The molecule has 1 aromatic heterocycles. The predicted molar refractivity (Wildman–Crippen MR) is 151 cm³/mol. The molecule has 6 aromatic rings. The normalized spacial score (nSPS) is 11.5. The van der Waals surface area contributed by atoms with E-state index in [0.29, 0.717) is 22.2 Å². The Morgan fingerprint density at radius 3 is 2.47 bits per heavy atom. The molecule has 0 aliphatic rings. The first kappa shape index (κ1) is 22.7. The minimum Gasteiger partial charge on any atom is -0.366 e. The quantitative estimate of drug-likeness (QED) is 0.255. The van der Waals surface area contributed by atoms with Gasteiger partial charge in [-0.05, 0) is 64.7 Å². The summed E-state index contributed by atoms with van der Waals surface area (Å²) in [4.78, 5) is 12.4. The molecular weight excluding hydrogens is 487 g/mol. The number of halogens is 2. The summed E-state index contributed by atoms with van der Waals surface area (Å²) in [6.45, 7) is 2.79. The summed E-state index contributed by atoms with van der Waals surface area (Å²) in [7, 11) is 0. The van der Waals surface area contributed by atoms with E-state index in [4.69, 9.17) is 28.9 Å². The van der Waals surface area contributed by atoms with E-state index in [0.717, 1.165) is 32.9 Å². The number of hydrogen-bond acceptors (Lipinski definition) is 1. The van der Waals surface area contributed by atoms with Crippen molar-refractivity contribution in [2.75, 3.05) is 0 Å². The highest BCUT2D eigenvalue weighted by Crippen LogP contribution is 2.38. The minimum absolute atomic E-state index is 0.439. The third kappa shape index (κ3) is 3.63. The van der Waals surface area contributed by atoms with E-state index >= 15 is 0 Å². The molecule has 0 aliphatic carbocycles. The van der Waals surface area contributed by atoms with Gasteiger partial charge in [0.2, 0.25) is 5.91 Å². The fraction of sp³-hybridized carbons (Fsp3) is 0.0645. The zero-order valence-electron chi connectivity index (χ0n) is 19.6. The number of fused-ring (bicyclic) bond motifs is 4. The van der Waals surface area contributed by atoms with Crippen LogP contribution in [0.25, 0.3) is 43.7 Å². The molecule has 0 unspecified atom stereocenters. The standard InChI is InChI=1S/C31H22Cl2N2O/c1-18-9-10-19-5-2-3-6-22(19)26(18)17-35-28-8-4-7-25(31(34)36)30(28)24-13-11-20(15-29(24)35)23-14-12-21(32)16-27(23)33/h2-16H,17H2,1H3,(H2,34,36). The fourth-order valence-electron chi connectivity index (χ4n) is 5.22. The molecule has 3 nitrogen and oxygen atoms in total. The number of carbonyl (C=O) groups excluding carboxylic acids is 1. The van der Waals surface area contributed by atoms with Crippen LogP contribution in [0.3, 0.4) is 0 Å². The van der Waals surface area contributed by atoms with Crippen LogP contribution in [-0.2, 0) is 6.54 Å². The van der Waals surface area contributed by atoms with Crippen LogP contribution in [-0.4, -0.2) is 10.5 Å². The Hall–Kier alpha value is -3.79. The number of amides is 1. The second-order valence-electron chi connectivity index (χ2n) is 9.09. The number of nitrogens with two attached hydrogens (primary N) is 1. The second kappa shape index (κ2) is 8.70. The number of carbonyl (C=O) groups is 1. The smallest absolute Gasteiger partial charge is 0.249 e. The molecule has 0 bridgehead atoms. The van der Waals surface area contributed by atoms with Gasteiger partial charge < -0.3 is 10.3 Å². The molecule has 0 saturated heterocycles. The van der Waals surface area contributed by atoms with Crippen molar-refractivity contribution in [2.24, 2.45) is 5.73 Å². The molecule has 0 aliphatic heterocycles. The number of aromatic nitrogens is 1. The van der Waals surface area contributed by atoms with Gasteiger partial charge in [0.05, 0.1) is 11.0 Å². The van der Waals surface area contributed by atoms with Crippen molar-refractivity contribution in [3.05, 3.63) is 118 Å². The summed E-state index contributed by atoms with van der Waals surface area (Å²) in [6, 6.07) is 30.2. The Kier molecular flexibility index (Phi) is 5.48. The van der Waals surface area contributed by atoms with E-state index in [-0.39, 0.29) is 0 Å². The monoisotopic (exact) mass is 508 g/mol. The average molecular weight is 509 g/mol. The molecule has 0 fully saturated rings. The van der Waals surface area contributed by atoms with E-state index in [9.17, 15) is 4.79 Å². The molecule has 0 saturated carbocycles. The number of rotatable bonds is 4. The van der Waals surface area contributed by atoms with Gasteiger partial charge in [-0.25, -0.2) is 0 Å². The number of aryl methyl sites for hydroxylation is 1. The van der Waals surface area contributed by atoms with Gasteiger partial charge in [0.1, 0.15) is 0 Å². The minimum atomic E-state index is -0.439. The van der Waals surface area contributed by atoms with E-state index in [1.54, 1.807) is 12.1 Å².